The lowest BCUT2D eigenvalue weighted by Crippen LogP contribution is -2.32. The number of sulfonamides is 1. The lowest BCUT2D eigenvalue weighted by molar-refractivity contribution is 0.555. The Morgan fingerprint density at radius 3 is 2.65 bits per heavy atom. The van der Waals surface area contributed by atoms with Crippen molar-refractivity contribution < 1.29 is 12.8 Å². The van der Waals surface area contributed by atoms with Crippen molar-refractivity contribution in [2.24, 2.45) is 0 Å². The molecule has 17 heavy (non-hydrogen) atoms. The van der Waals surface area contributed by atoms with Crippen molar-refractivity contribution in [3.63, 3.8) is 0 Å². The first-order valence-corrected chi connectivity index (χ1v) is 6.99. The maximum atomic E-state index is 13.4. The minimum atomic E-state index is -3.90. The lowest BCUT2D eigenvalue weighted by Gasteiger charge is -2.09. The van der Waals surface area contributed by atoms with Crippen molar-refractivity contribution in [2.75, 3.05) is 19.6 Å². The van der Waals surface area contributed by atoms with Crippen LogP contribution in [-0.4, -0.2) is 28.1 Å². The largest absolute Gasteiger partial charge is 0.316 e. The molecule has 0 radical (unpaired) electrons. The van der Waals surface area contributed by atoms with Crippen LogP contribution in [0, 0.1) is 5.82 Å². The highest BCUT2D eigenvalue weighted by Gasteiger charge is 2.21. The summed E-state index contributed by atoms with van der Waals surface area (Å²) in [6.07, 6.45) is 0. The van der Waals surface area contributed by atoms with Gasteiger partial charge in [-0.05, 0) is 18.7 Å². The molecule has 0 saturated carbocycles. The summed E-state index contributed by atoms with van der Waals surface area (Å²) in [5, 5.41) is 2.82. The molecule has 0 heterocycles. The fraction of sp³-hybridized carbons (Fsp3) is 0.400. The second-order valence-corrected chi connectivity index (χ2v) is 5.41. The number of benzene rings is 1. The van der Waals surface area contributed by atoms with Gasteiger partial charge in [-0.1, -0.05) is 24.6 Å². The number of likely N-dealkylation sites (N-methyl/N-ethyl adjacent to an activating group) is 1. The van der Waals surface area contributed by atoms with Crippen molar-refractivity contribution >= 4 is 21.6 Å². The molecule has 96 valence electrons. The van der Waals surface area contributed by atoms with Crippen LogP contribution < -0.4 is 10.0 Å². The summed E-state index contributed by atoms with van der Waals surface area (Å²) in [7, 11) is -3.90. The second-order valence-electron chi connectivity index (χ2n) is 3.30. The Balaban J connectivity index is 2.83. The van der Waals surface area contributed by atoms with E-state index in [-0.39, 0.29) is 11.6 Å². The fourth-order valence-corrected chi connectivity index (χ4v) is 2.89. The van der Waals surface area contributed by atoms with Gasteiger partial charge in [0.25, 0.3) is 0 Å². The van der Waals surface area contributed by atoms with Crippen molar-refractivity contribution in [2.45, 2.75) is 11.8 Å². The molecule has 1 aromatic carbocycles. The van der Waals surface area contributed by atoms with E-state index in [0.29, 0.717) is 6.54 Å². The fourth-order valence-electron chi connectivity index (χ4n) is 1.26. The van der Waals surface area contributed by atoms with Crippen molar-refractivity contribution in [3.8, 4) is 0 Å². The molecular formula is C10H14ClFN2O2S. The third-order valence-electron chi connectivity index (χ3n) is 2.03. The zero-order valence-electron chi connectivity index (χ0n) is 9.33. The highest BCUT2D eigenvalue weighted by Crippen LogP contribution is 2.23. The molecule has 0 unspecified atom stereocenters. The molecule has 1 rings (SSSR count). The summed E-state index contributed by atoms with van der Waals surface area (Å²) in [5.41, 5.74) is 0. The van der Waals surface area contributed by atoms with E-state index in [4.69, 9.17) is 11.6 Å². The number of nitrogens with one attached hydrogen (secondary N) is 2. The second kappa shape index (κ2) is 6.30. The predicted octanol–water partition coefficient (Wildman–Crippen LogP) is 1.37. The van der Waals surface area contributed by atoms with Crippen molar-refractivity contribution in [1.82, 2.24) is 10.0 Å². The van der Waals surface area contributed by atoms with Gasteiger partial charge in [0.15, 0.2) is 0 Å². The van der Waals surface area contributed by atoms with E-state index in [9.17, 15) is 12.8 Å². The van der Waals surface area contributed by atoms with E-state index >= 15 is 0 Å². The maximum absolute atomic E-state index is 13.4. The zero-order chi connectivity index (χ0) is 12.9. The summed E-state index contributed by atoms with van der Waals surface area (Å²) in [4.78, 5) is -0.502. The highest BCUT2D eigenvalue weighted by molar-refractivity contribution is 7.89. The van der Waals surface area contributed by atoms with Crippen LogP contribution in [0.2, 0.25) is 5.02 Å². The molecule has 2 N–H and O–H groups in total. The Hall–Kier alpha value is -0.690. The third kappa shape index (κ3) is 3.92. The monoisotopic (exact) mass is 280 g/mol. The van der Waals surface area contributed by atoms with E-state index in [2.05, 4.69) is 10.0 Å². The maximum Gasteiger partial charge on any atom is 0.245 e. The number of rotatable bonds is 6. The Morgan fingerprint density at radius 1 is 1.35 bits per heavy atom. The van der Waals surface area contributed by atoms with Crippen LogP contribution >= 0.6 is 11.6 Å². The van der Waals surface area contributed by atoms with Gasteiger partial charge in [0.2, 0.25) is 10.0 Å². The van der Waals surface area contributed by atoms with Gasteiger partial charge in [0, 0.05) is 13.1 Å². The lowest BCUT2D eigenvalue weighted by atomic mass is 10.3. The van der Waals surface area contributed by atoms with E-state index in [1.807, 2.05) is 6.92 Å². The van der Waals surface area contributed by atoms with E-state index in [1.54, 1.807) is 0 Å². The summed E-state index contributed by atoms with van der Waals surface area (Å²) in [5.74, 6) is -0.853. The van der Waals surface area contributed by atoms with Crippen LogP contribution in [0.25, 0.3) is 0 Å². The first-order valence-electron chi connectivity index (χ1n) is 5.13. The topological polar surface area (TPSA) is 58.2 Å². The van der Waals surface area contributed by atoms with Gasteiger partial charge in [-0.2, -0.15) is 0 Å². The first kappa shape index (κ1) is 14.4. The van der Waals surface area contributed by atoms with Gasteiger partial charge in [-0.3, -0.25) is 0 Å². The van der Waals surface area contributed by atoms with E-state index < -0.39 is 20.7 Å². The smallest absolute Gasteiger partial charge is 0.245 e. The van der Waals surface area contributed by atoms with Gasteiger partial charge in [0.1, 0.15) is 10.7 Å². The SMILES string of the molecule is CCNCCNS(=O)(=O)c1c(F)cccc1Cl. The Labute approximate surface area is 105 Å². The quantitative estimate of drug-likeness (QED) is 0.774. The van der Waals surface area contributed by atoms with Gasteiger partial charge in [0.05, 0.1) is 5.02 Å². The Bertz CT molecular complexity index is 459. The molecular weight excluding hydrogens is 267 g/mol. The molecule has 0 amide bonds. The molecule has 0 spiro atoms. The molecule has 1 aromatic rings. The highest BCUT2D eigenvalue weighted by atomic mass is 35.5. The normalized spacial score (nSPS) is 11.7. The van der Waals surface area contributed by atoms with Gasteiger partial charge < -0.3 is 5.32 Å². The van der Waals surface area contributed by atoms with Crippen molar-refractivity contribution in [1.29, 1.82) is 0 Å². The van der Waals surface area contributed by atoms with Crippen LogP contribution in [0.4, 0.5) is 4.39 Å². The van der Waals surface area contributed by atoms with Crippen LogP contribution in [-0.2, 0) is 10.0 Å². The summed E-state index contributed by atoms with van der Waals surface area (Å²) < 4.78 is 39.2. The average Bonchev–Trinajstić information content (AvgIpc) is 2.24. The van der Waals surface area contributed by atoms with E-state index in [0.717, 1.165) is 12.6 Å². The number of hydrogen-bond donors (Lipinski definition) is 2. The molecule has 0 fully saturated rings. The molecule has 0 aromatic heterocycles. The van der Waals surface area contributed by atoms with Crippen LogP contribution in [0.1, 0.15) is 6.92 Å². The number of hydrogen-bond acceptors (Lipinski definition) is 3. The first-order chi connectivity index (χ1) is 7.99. The molecule has 7 heteroatoms. The van der Waals surface area contributed by atoms with Crippen LogP contribution in [0.15, 0.2) is 23.1 Å². The third-order valence-corrected chi connectivity index (χ3v) is 4.00. The molecule has 0 atom stereocenters. The summed E-state index contributed by atoms with van der Waals surface area (Å²) in [6, 6.07) is 3.75. The average molecular weight is 281 g/mol. The molecule has 0 aliphatic heterocycles. The summed E-state index contributed by atoms with van der Waals surface area (Å²) in [6.45, 7) is 3.30. The van der Waals surface area contributed by atoms with Gasteiger partial charge in [-0.15, -0.1) is 0 Å². The molecule has 0 aliphatic carbocycles. The van der Waals surface area contributed by atoms with Crippen molar-refractivity contribution in [3.05, 3.63) is 29.0 Å². The molecule has 0 bridgehead atoms. The summed E-state index contributed by atoms with van der Waals surface area (Å²) >= 11 is 5.68. The molecule has 4 nitrogen and oxygen atoms in total. The minimum Gasteiger partial charge on any atom is -0.316 e. The Morgan fingerprint density at radius 2 is 2.06 bits per heavy atom. The zero-order valence-corrected chi connectivity index (χ0v) is 10.9. The molecule has 0 aliphatic rings. The van der Waals surface area contributed by atoms with Crippen LogP contribution in [0.5, 0.6) is 0 Å². The van der Waals surface area contributed by atoms with E-state index in [1.165, 1.54) is 12.1 Å². The Kier molecular flexibility index (Phi) is 5.32. The molecule has 0 saturated heterocycles. The van der Waals surface area contributed by atoms with Gasteiger partial charge >= 0.3 is 0 Å². The van der Waals surface area contributed by atoms with Gasteiger partial charge in [-0.25, -0.2) is 17.5 Å². The van der Waals surface area contributed by atoms with Crippen LogP contribution in [0.3, 0.4) is 0 Å². The standard InChI is InChI=1S/C10H14ClFN2O2S/c1-2-13-6-7-14-17(15,16)10-8(11)4-3-5-9(10)12/h3-5,13-14H,2,6-7H2,1H3. The number of halogens is 2. The predicted molar refractivity (Wildman–Crippen MR) is 65.1 cm³/mol. The minimum absolute atomic E-state index is 0.124.